The van der Waals surface area contributed by atoms with Crippen LogP contribution in [0.1, 0.15) is 33.6 Å². The van der Waals surface area contributed by atoms with Crippen LogP contribution in [0.5, 0.6) is 0 Å². The van der Waals surface area contributed by atoms with Gasteiger partial charge >= 0.3 is 0 Å². The zero-order valence-corrected chi connectivity index (χ0v) is 8.79. The van der Waals surface area contributed by atoms with E-state index in [4.69, 9.17) is 5.73 Å². The first-order chi connectivity index (χ1) is 5.18. The lowest BCUT2D eigenvalue weighted by molar-refractivity contribution is 0.447. The smallest absolute Gasteiger partial charge is 0.00361 e. The van der Waals surface area contributed by atoms with Gasteiger partial charge in [0.05, 0.1) is 0 Å². The molecule has 0 aliphatic rings. The lowest BCUT2D eigenvalue weighted by Crippen LogP contribution is -2.24. The van der Waals surface area contributed by atoms with Gasteiger partial charge in [0.2, 0.25) is 0 Å². The molecule has 0 fully saturated rings. The Morgan fingerprint density at radius 2 is 2.00 bits per heavy atom. The topological polar surface area (TPSA) is 26.0 Å². The van der Waals surface area contributed by atoms with Crippen molar-refractivity contribution >= 4 is 11.8 Å². The van der Waals surface area contributed by atoms with Crippen molar-refractivity contribution in [3.05, 3.63) is 0 Å². The van der Waals surface area contributed by atoms with E-state index in [1.807, 2.05) is 11.8 Å². The van der Waals surface area contributed by atoms with Crippen LogP contribution in [-0.2, 0) is 0 Å². The van der Waals surface area contributed by atoms with Gasteiger partial charge in [-0.05, 0) is 37.2 Å². The summed E-state index contributed by atoms with van der Waals surface area (Å²) in [7, 11) is 0. The Bertz CT molecular complexity index is 83.6. The van der Waals surface area contributed by atoms with Gasteiger partial charge in [0.1, 0.15) is 0 Å². The van der Waals surface area contributed by atoms with Crippen LogP contribution in [0, 0.1) is 5.92 Å². The van der Waals surface area contributed by atoms with Crippen LogP contribution in [0.25, 0.3) is 0 Å². The quantitative estimate of drug-likeness (QED) is 0.628. The van der Waals surface area contributed by atoms with Crippen LogP contribution in [-0.4, -0.2) is 17.5 Å². The molecule has 2 atom stereocenters. The molecule has 0 aromatic heterocycles. The first-order valence-electron chi connectivity index (χ1n) is 4.51. The second kappa shape index (κ2) is 6.99. The highest BCUT2D eigenvalue weighted by molar-refractivity contribution is 7.99. The summed E-state index contributed by atoms with van der Waals surface area (Å²) >= 11 is 2.02. The largest absolute Gasteiger partial charge is 0.328 e. The maximum Gasteiger partial charge on any atom is 0.00361 e. The highest BCUT2D eigenvalue weighted by Gasteiger charge is 2.05. The molecule has 2 unspecified atom stereocenters. The molecule has 0 radical (unpaired) electrons. The van der Waals surface area contributed by atoms with Gasteiger partial charge in [-0.2, -0.15) is 11.8 Å². The van der Waals surface area contributed by atoms with Crippen LogP contribution in [0.15, 0.2) is 0 Å². The van der Waals surface area contributed by atoms with Gasteiger partial charge < -0.3 is 5.73 Å². The average molecular weight is 175 g/mol. The fourth-order valence-corrected chi connectivity index (χ4v) is 1.57. The summed E-state index contributed by atoms with van der Waals surface area (Å²) in [6.07, 6.45) is 2.60. The lowest BCUT2D eigenvalue weighted by Gasteiger charge is -2.14. The van der Waals surface area contributed by atoms with Crippen molar-refractivity contribution in [1.82, 2.24) is 0 Å². The van der Waals surface area contributed by atoms with Crippen molar-refractivity contribution in [3.8, 4) is 0 Å². The Labute approximate surface area is 75.1 Å². The summed E-state index contributed by atoms with van der Waals surface area (Å²) < 4.78 is 0. The van der Waals surface area contributed by atoms with E-state index < -0.39 is 0 Å². The minimum absolute atomic E-state index is 0.363. The van der Waals surface area contributed by atoms with Crippen LogP contribution in [0.2, 0.25) is 0 Å². The Morgan fingerprint density at radius 1 is 1.36 bits per heavy atom. The van der Waals surface area contributed by atoms with Gasteiger partial charge in [0.15, 0.2) is 0 Å². The Balaban J connectivity index is 3.10. The van der Waals surface area contributed by atoms with Crippen molar-refractivity contribution in [1.29, 1.82) is 0 Å². The Hall–Kier alpha value is 0.310. The summed E-state index contributed by atoms with van der Waals surface area (Å²) in [5, 5.41) is 0. The van der Waals surface area contributed by atoms with Crippen molar-refractivity contribution in [2.75, 3.05) is 11.5 Å². The molecule has 0 bridgehead atoms. The normalized spacial score (nSPS) is 16.4. The number of nitrogens with two attached hydrogens (primary N) is 1. The standard InChI is InChI=1S/C9H21NS/c1-4-11-7-5-6-8(2)9(3)10/h8-9H,4-7,10H2,1-3H3. The molecule has 68 valence electrons. The maximum absolute atomic E-state index is 5.74. The lowest BCUT2D eigenvalue weighted by atomic mass is 9.99. The molecule has 1 nitrogen and oxygen atoms in total. The monoisotopic (exact) mass is 175 g/mol. The van der Waals surface area contributed by atoms with E-state index in [2.05, 4.69) is 20.8 Å². The number of hydrogen-bond donors (Lipinski definition) is 1. The molecule has 0 rings (SSSR count). The molecule has 0 heterocycles. The molecular formula is C9H21NS. The molecule has 0 amide bonds. The number of hydrogen-bond acceptors (Lipinski definition) is 2. The zero-order chi connectivity index (χ0) is 8.69. The molecule has 0 aliphatic heterocycles. The molecule has 2 heteroatoms. The first-order valence-corrected chi connectivity index (χ1v) is 5.67. The van der Waals surface area contributed by atoms with E-state index in [0.29, 0.717) is 12.0 Å². The van der Waals surface area contributed by atoms with Crippen molar-refractivity contribution in [2.24, 2.45) is 11.7 Å². The third-order valence-corrected chi connectivity index (χ3v) is 3.04. The molecular weight excluding hydrogens is 154 g/mol. The third-order valence-electron chi connectivity index (χ3n) is 2.05. The molecule has 11 heavy (non-hydrogen) atoms. The van der Waals surface area contributed by atoms with Crippen molar-refractivity contribution in [2.45, 2.75) is 39.7 Å². The van der Waals surface area contributed by atoms with Crippen LogP contribution >= 0.6 is 11.8 Å². The number of rotatable bonds is 6. The third kappa shape index (κ3) is 6.70. The second-order valence-electron chi connectivity index (χ2n) is 3.18. The molecule has 0 aromatic rings. The summed E-state index contributed by atoms with van der Waals surface area (Å²) in [4.78, 5) is 0. The van der Waals surface area contributed by atoms with Gasteiger partial charge in [-0.15, -0.1) is 0 Å². The van der Waals surface area contributed by atoms with Crippen LogP contribution in [0.4, 0.5) is 0 Å². The fourth-order valence-electron chi connectivity index (χ4n) is 0.915. The summed E-state index contributed by atoms with van der Waals surface area (Å²) in [5.74, 6) is 3.23. The molecule has 0 spiro atoms. The van der Waals surface area contributed by atoms with Gasteiger partial charge in [0, 0.05) is 6.04 Å². The van der Waals surface area contributed by atoms with Gasteiger partial charge in [-0.3, -0.25) is 0 Å². The molecule has 2 N–H and O–H groups in total. The summed E-state index contributed by atoms with van der Waals surface area (Å²) in [5.41, 5.74) is 5.74. The highest BCUT2D eigenvalue weighted by atomic mass is 32.2. The summed E-state index contributed by atoms with van der Waals surface area (Å²) in [6, 6.07) is 0.363. The maximum atomic E-state index is 5.74. The fraction of sp³-hybridized carbons (Fsp3) is 1.00. The predicted octanol–water partition coefficient (Wildman–Crippen LogP) is 2.50. The van der Waals surface area contributed by atoms with E-state index in [-0.39, 0.29) is 0 Å². The molecule has 0 aliphatic carbocycles. The van der Waals surface area contributed by atoms with Gasteiger partial charge in [-0.25, -0.2) is 0 Å². The second-order valence-corrected chi connectivity index (χ2v) is 4.57. The minimum Gasteiger partial charge on any atom is -0.328 e. The summed E-state index contributed by atoms with van der Waals surface area (Å²) in [6.45, 7) is 6.54. The van der Waals surface area contributed by atoms with Crippen molar-refractivity contribution < 1.29 is 0 Å². The predicted molar refractivity (Wildman–Crippen MR) is 55.0 cm³/mol. The Kier molecular flexibility index (Phi) is 7.18. The molecule has 0 aromatic carbocycles. The highest BCUT2D eigenvalue weighted by Crippen LogP contribution is 2.11. The van der Waals surface area contributed by atoms with Gasteiger partial charge in [-0.1, -0.05) is 13.8 Å². The average Bonchev–Trinajstić information content (AvgIpc) is 1.97. The van der Waals surface area contributed by atoms with E-state index in [1.165, 1.54) is 24.3 Å². The molecule has 0 saturated heterocycles. The van der Waals surface area contributed by atoms with E-state index in [1.54, 1.807) is 0 Å². The van der Waals surface area contributed by atoms with E-state index >= 15 is 0 Å². The first kappa shape index (κ1) is 11.3. The van der Waals surface area contributed by atoms with Crippen LogP contribution in [0.3, 0.4) is 0 Å². The van der Waals surface area contributed by atoms with Gasteiger partial charge in [0.25, 0.3) is 0 Å². The number of thioether (sulfide) groups is 1. The molecule has 0 saturated carbocycles. The van der Waals surface area contributed by atoms with Crippen molar-refractivity contribution in [3.63, 3.8) is 0 Å². The SMILES string of the molecule is CCSCCCC(C)C(C)N. The minimum atomic E-state index is 0.363. The van der Waals surface area contributed by atoms with E-state index in [9.17, 15) is 0 Å². The zero-order valence-electron chi connectivity index (χ0n) is 7.97. The van der Waals surface area contributed by atoms with E-state index in [0.717, 1.165) is 0 Å². The Morgan fingerprint density at radius 3 is 2.45 bits per heavy atom. The van der Waals surface area contributed by atoms with Crippen LogP contribution < -0.4 is 5.73 Å².